The summed E-state index contributed by atoms with van der Waals surface area (Å²) < 4.78 is 23.4. The number of hydrogen-bond acceptors (Lipinski definition) is 6. The molecule has 1 aromatic carbocycles. The van der Waals surface area contributed by atoms with Crippen molar-refractivity contribution in [2.45, 2.75) is 38.8 Å². The zero-order valence-electron chi connectivity index (χ0n) is 15.5. The van der Waals surface area contributed by atoms with Gasteiger partial charge in [0.05, 0.1) is 11.5 Å². The number of hydrogen-bond donors (Lipinski definition) is 2. The summed E-state index contributed by atoms with van der Waals surface area (Å²) >= 11 is 0. The van der Waals surface area contributed by atoms with Gasteiger partial charge in [-0.15, -0.1) is 0 Å². The highest BCUT2D eigenvalue weighted by Gasteiger charge is 2.28. The second kappa shape index (κ2) is 8.04. The molecule has 27 heavy (non-hydrogen) atoms. The molecule has 1 aliphatic heterocycles. The van der Waals surface area contributed by atoms with Gasteiger partial charge in [-0.2, -0.15) is 0 Å². The molecule has 1 aromatic heterocycles. The summed E-state index contributed by atoms with van der Waals surface area (Å²) in [7, 11) is -3.01. The molecule has 0 radical (unpaired) electrons. The van der Waals surface area contributed by atoms with Gasteiger partial charge >= 0.3 is 0 Å². The van der Waals surface area contributed by atoms with Gasteiger partial charge in [0.25, 0.3) is 5.91 Å². The zero-order valence-corrected chi connectivity index (χ0v) is 16.3. The molecule has 1 saturated heterocycles. The summed E-state index contributed by atoms with van der Waals surface area (Å²) in [6.45, 7) is 3.92. The molecule has 7 nitrogen and oxygen atoms in total. The lowest BCUT2D eigenvalue weighted by Crippen LogP contribution is -2.33. The maximum absolute atomic E-state index is 12.6. The number of benzene rings is 1. The molecule has 144 valence electrons. The van der Waals surface area contributed by atoms with E-state index in [0.717, 1.165) is 12.0 Å². The Balaban J connectivity index is 1.92. The summed E-state index contributed by atoms with van der Waals surface area (Å²) in [6, 6.07) is 10.8. The second-order valence-electron chi connectivity index (χ2n) is 6.86. The SMILES string of the molecule is CCC(C)NC(=O)c1cc(NC2CCS(=O)(=O)C2)nc(-c2ccccc2)n1. The third kappa shape index (κ3) is 5.03. The molecule has 1 aliphatic rings. The number of nitrogens with zero attached hydrogens (tertiary/aromatic N) is 2. The molecule has 2 aromatic rings. The van der Waals surface area contributed by atoms with Crippen molar-refractivity contribution in [1.82, 2.24) is 15.3 Å². The normalized spacial score (nSPS) is 19.4. The lowest BCUT2D eigenvalue weighted by atomic mass is 10.2. The second-order valence-corrected chi connectivity index (χ2v) is 9.08. The molecule has 2 unspecified atom stereocenters. The van der Waals surface area contributed by atoms with Crippen molar-refractivity contribution in [2.24, 2.45) is 0 Å². The van der Waals surface area contributed by atoms with Crippen LogP contribution in [0.25, 0.3) is 11.4 Å². The number of sulfone groups is 1. The van der Waals surface area contributed by atoms with E-state index in [9.17, 15) is 13.2 Å². The molecule has 1 amide bonds. The number of rotatable bonds is 6. The molecule has 0 saturated carbocycles. The third-order valence-corrected chi connectivity index (χ3v) is 6.33. The van der Waals surface area contributed by atoms with Crippen molar-refractivity contribution in [2.75, 3.05) is 16.8 Å². The molecule has 0 bridgehead atoms. The van der Waals surface area contributed by atoms with Crippen molar-refractivity contribution in [3.63, 3.8) is 0 Å². The van der Waals surface area contributed by atoms with Crippen LogP contribution in [0.1, 0.15) is 37.2 Å². The van der Waals surface area contributed by atoms with Crippen LogP contribution in [0.15, 0.2) is 36.4 Å². The topological polar surface area (TPSA) is 101 Å². The first kappa shape index (κ1) is 19.3. The average Bonchev–Trinajstić information content (AvgIpc) is 3.00. The highest BCUT2D eigenvalue weighted by molar-refractivity contribution is 7.91. The van der Waals surface area contributed by atoms with Crippen LogP contribution in [0.4, 0.5) is 5.82 Å². The van der Waals surface area contributed by atoms with Crippen LogP contribution >= 0.6 is 0 Å². The zero-order chi connectivity index (χ0) is 19.4. The molecule has 3 rings (SSSR count). The molecular formula is C19H24N4O3S. The molecule has 2 atom stereocenters. The van der Waals surface area contributed by atoms with Crippen LogP contribution in [0.3, 0.4) is 0 Å². The van der Waals surface area contributed by atoms with Gasteiger partial charge in [0.1, 0.15) is 11.5 Å². The first-order valence-electron chi connectivity index (χ1n) is 9.08. The fourth-order valence-electron chi connectivity index (χ4n) is 2.87. The van der Waals surface area contributed by atoms with Crippen LogP contribution in [-0.4, -0.2) is 47.9 Å². The summed E-state index contributed by atoms with van der Waals surface area (Å²) in [5.74, 6) is 0.858. The van der Waals surface area contributed by atoms with E-state index >= 15 is 0 Å². The van der Waals surface area contributed by atoms with E-state index in [1.54, 1.807) is 6.07 Å². The minimum Gasteiger partial charge on any atom is -0.366 e. The number of anilines is 1. The van der Waals surface area contributed by atoms with Gasteiger partial charge in [-0.1, -0.05) is 37.3 Å². The first-order valence-corrected chi connectivity index (χ1v) is 10.9. The Kier molecular flexibility index (Phi) is 5.74. The first-order chi connectivity index (χ1) is 12.9. The Morgan fingerprint density at radius 3 is 2.63 bits per heavy atom. The lowest BCUT2D eigenvalue weighted by Gasteiger charge is -2.15. The van der Waals surface area contributed by atoms with Gasteiger partial charge in [-0.05, 0) is 19.8 Å². The van der Waals surface area contributed by atoms with Gasteiger partial charge < -0.3 is 10.6 Å². The molecule has 0 aliphatic carbocycles. The summed E-state index contributed by atoms with van der Waals surface area (Å²) in [6.07, 6.45) is 1.34. The van der Waals surface area contributed by atoms with Crippen molar-refractivity contribution in [1.29, 1.82) is 0 Å². The van der Waals surface area contributed by atoms with Crippen LogP contribution in [0, 0.1) is 0 Å². The van der Waals surface area contributed by atoms with E-state index in [2.05, 4.69) is 20.6 Å². The third-order valence-electron chi connectivity index (χ3n) is 4.57. The Hall–Kier alpha value is -2.48. The van der Waals surface area contributed by atoms with E-state index in [0.29, 0.717) is 18.1 Å². The van der Waals surface area contributed by atoms with Crippen LogP contribution in [0.2, 0.25) is 0 Å². The summed E-state index contributed by atoms with van der Waals surface area (Å²) in [5, 5.41) is 6.06. The molecule has 2 heterocycles. The molecule has 2 N–H and O–H groups in total. The van der Waals surface area contributed by atoms with Gasteiger partial charge in [0.15, 0.2) is 15.7 Å². The maximum Gasteiger partial charge on any atom is 0.270 e. The number of amides is 1. The highest BCUT2D eigenvalue weighted by atomic mass is 32.2. The number of carbonyl (C=O) groups excluding carboxylic acids is 1. The fourth-order valence-corrected chi connectivity index (χ4v) is 4.54. The molecule has 0 spiro atoms. The minimum atomic E-state index is -3.01. The fraction of sp³-hybridized carbons (Fsp3) is 0.421. The lowest BCUT2D eigenvalue weighted by molar-refractivity contribution is 0.0934. The highest BCUT2D eigenvalue weighted by Crippen LogP contribution is 2.21. The summed E-state index contributed by atoms with van der Waals surface area (Å²) in [5.41, 5.74) is 1.05. The number of carbonyl (C=O) groups is 1. The van der Waals surface area contributed by atoms with Crippen molar-refractivity contribution in [3.05, 3.63) is 42.1 Å². The Bertz CT molecular complexity index is 916. The predicted octanol–water partition coefficient (Wildman–Crippen LogP) is 2.27. The average molecular weight is 388 g/mol. The standard InChI is InChI=1S/C19H24N4O3S/c1-3-13(2)20-19(24)16-11-17(21-15-9-10-27(25,26)12-15)23-18(22-16)14-7-5-4-6-8-14/h4-8,11,13,15H,3,9-10,12H2,1-2H3,(H,20,24)(H,21,22,23). The number of aromatic nitrogens is 2. The Morgan fingerprint density at radius 2 is 2.00 bits per heavy atom. The molecular weight excluding hydrogens is 364 g/mol. The van der Waals surface area contributed by atoms with Gasteiger partial charge in [-0.3, -0.25) is 4.79 Å². The monoisotopic (exact) mass is 388 g/mol. The van der Waals surface area contributed by atoms with E-state index in [1.165, 1.54) is 0 Å². The molecule has 1 fully saturated rings. The van der Waals surface area contributed by atoms with Crippen LogP contribution < -0.4 is 10.6 Å². The largest absolute Gasteiger partial charge is 0.366 e. The van der Waals surface area contributed by atoms with Gasteiger partial charge in [-0.25, -0.2) is 18.4 Å². The van der Waals surface area contributed by atoms with E-state index < -0.39 is 9.84 Å². The van der Waals surface area contributed by atoms with E-state index in [1.807, 2.05) is 44.2 Å². The summed E-state index contributed by atoms with van der Waals surface area (Å²) in [4.78, 5) is 21.5. The predicted molar refractivity (Wildman–Crippen MR) is 105 cm³/mol. The Labute approximate surface area is 159 Å². The van der Waals surface area contributed by atoms with Crippen molar-refractivity contribution >= 4 is 21.6 Å². The Morgan fingerprint density at radius 1 is 1.26 bits per heavy atom. The minimum absolute atomic E-state index is 0.0315. The number of nitrogens with one attached hydrogen (secondary N) is 2. The maximum atomic E-state index is 12.6. The van der Waals surface area contributed by atoms with Crippen molar-refractivity contribution in [3.8, 4) is 11.4 Å². The van der Waals surface area contributed by atoms with Gasteiger partial charge in [0, 0.05) is 23.7 Å². The van der Waals surface area contributed by atoms with Crippen LogP contribution in [0.5, 0.6) is 0 Å². The molecule has 8 heteroatoms. The van der Waals surface area contributed by atoms with Crippen LogP contribution in [-0.2, 0) is 9.84 Å². The quantitative estimate of drug-likeness (QED) is 0.787. The van der Waals surface area contributed by atoms with E-state index in [4.69, 9.17) is 0 Å². The van der Waals surface area contributed by atoms with E-state index in [-0.39, 0.29) is 35.2 Å². The van der Waals surface area contributed by atoms with Crippen molar-refractivity contribution < 1.29 is 13.2 Å². The van der Waals surface area contributed by atoms with Gasteiger partial charge in [0.2, 0.25) is 0 Å². The smallest absolute Gasteiger partial charge is 0.270 e.